The molecule has 0 aliphatic carbocycles. The minimum atomic E-state index is -2.02. The standard InChI is InChI=1S/C8H12N2O2S/c1-6(9)7-2-4-8(5-3-7)10-13(11)12/h2-6,10H,9H2,1H3,(H,11,12)/t6-/m0/s1. The quantitative estimate of drug-likeness (QED) is 0.643. The summed E-state index contributed by atoms with van der Waals surface area (Å²) in [7, 11) is 0. The van der Waals surface area contributed by atoms with Gasteiger partial charge in [0.15, 0.2) is 0 Å². The molecule has 1 aromatic carbocycles. The molecule has 0 saturated carbocycles. The second-order valence-corrected chi connectivity index (χ2v) is 3.46. The molecule has 0 bridgehead atoms. The first-order valence-electron chi connectivity index (χ1n) is 3.82. The van der Waals surface area contributed by atoms with Crippen LogP contribution >= 0.6 is 0 Å². The smallest absolute Gasteiger partial charge is 0.259 e. The van der Waals surface area contributed by atoms with E-state index in [2.05, 4.69) is 4.72 Å². The van der Waals surface area contributed by atoms with Crippen molar-refractivity contribution >= 4 is 17.0 Å². The van der Waals surface area contributed by atoms with E-state index in [0.717, 1.165) is 5.56 Å². The van der Waals surface area contributed by atoms with E-state index in [0.29, 0.717) is 5.69 Å². The van der Waals surface area contributed by atoms with Crippen LogP contribution in [0, 0.1) is 0 Å². The van der Waals surface area contributed by atoms with Crippen LogP contribution < -0.4 is 10.5 Å². The molecule has 72 valence electrons. The van der Waals surface area contributed by atoms with Crippen molar-refractivity contribution in [2.24, 2.45) is 5.73 Å². The summed E-state index contributed by atoms with van der Waals surface area (Å²) in [5.74, 6) is 0. The summed E-state index contributed by atoms with van der Waals surface area (Å²) < 4.78 is 21.2. The molecule has 4 N–H and O–H groups in total. The molecule has 1 unspecified atom stereocenters. The fraction of sp³-hybridized carbons (Fsp3) is 0.250. The van der Waals surface area contributed by atoms with E-state index in [1.165, 1.54) is 0 Å². The van der Waals surface area contributed by atoms with Crippen LogP contribution in [-0.4, -0.2) is 8.76 Å². The third kappa shape index (κ3) is 3.14. The number of benzene rings is 1. The Kier molecular flexibility index (Phi) is 3.41. The van der Waals surface area contributed by atoms with Gasteiger partial charge in [-0.15, -0.1) is 0 Å². The van der Waals surface area contributed by atoms with E-state index in [-0.39, 0.29) is 6.04 Å². The van der Waals surface area contributed by atoms with Crippen LogP contribution in [0.1, 0.15) is 18.5 Å². The molecule has 0 amide bonds. The van der Waals surface area contributed by atoms with E-state index < -0.39 is 11.3 Å². The Labute approximate surface area is 79.6 Å². The van der Waals surface area contributed by atoms with Gasteiger partial charge in [-0.05, 0) is 24.6 Å². The molecule has 0 spiro atoms. The summed E-state index contributed by atoms with van der Waals surface area (Å²) in [5, 5.41) is 0. The Balaban J connectivity index is 2.75. The summed E-state index contributed by atoms with van der Waals surface area (Å²) in [6, 6.07) is 7.05. The summed E-state index contributed by atoms with van der Waals surface area (Å²) in [4.78, 5) is 0. The maximum Gasteiger partial charge on any atom is 0.259 e. The van der Waals surface area contributed by atoms with Gasteiger partial charge in [0.05, 0.1) is 0 Å². The number of hydrogen-bond acceptors (Lipinski definition) is 2. The van der Waals surface area contributed by atoms with E-state index in [9.17, 15) is 4.21 Å². The lowest BCUT2D eigenvalue weighted by molar-refractivity contribution is 0.570. The van der Waals surface area contributed by atoms with Crippen LogP contribution in [0.4, 0.5) is 5.69 Å². The normalized spacial score (nSPS) is 15.0. The van der Waals surface area contributed by atoms with Crippen molar-refractivity contribution in [3.05, 3.63) is 29.8 Å². The third-order valence-electron chi connectivity index (χ3n) is 1.64. The molecule has 4 nitrogen and oxygen atoms in total. The number of nitrogens with two attached hydrogens (primary N) is 1. The van der Waals surface area contributed by atoms with Crippen molar-refractivity contribution in [3.8, 4) is 0 Å². The van der Waals surface area contributed by atoms with Gasteiger partial charge in [0.25, 0.3) is 11.3 Å². The summed E-state index contributed by atoms with van der Waals surface area (Å²) >= 11 is -2.02. The zero-order valence-corrected chi connectivity index (χ0v) is 8.04. The predicted molar refractivity (Wildman–Crippen MR) is 53.4 cm³/mol. The van der Waals surface area contributed by atoms with Gasteiger partial charge < -0.3 is 5.73 Å². The maximum atomic E-state index is 10.4. The molecule has 0 aliphatic heterocycles. The highest BCUT2D eigenvalue weighted by Gasteiger charge is 1.99. The first-order chi connectivity index (χ1) is 6.09. The molecular formula is C8H12N2O2S. The Hall–Kier alpha value is -0.910. The van der Waals surface area contributed by atoms with Gasteiger partial charge in [0.2, 0.25) is 0 Å². The highest BCUT2D eigenvalue weighted by Crippen LogP contribution is 2.14. The molecule has 0 radical (unpaired) electrons. The van der Waals surface area contributed by atoms with Crippen LogP contribution in [0.5, 0.6) is 0 Å². The van der Waals surface area contributed by atoms with Gasteiger partial charge in [-0.25, -0.2) is 4.21 Å². The fourth-order valence-corrected chi connectivity index (χ4v) is 1.29. The van der Waals surface area contributed by atoms with Crippen LogP contribution in [0.3, 0.4) is 0 Å². The van der Waals surface area contributed by atoms with E-state index >= 15 is 0 Å². The topological polar surface area (TPSA) is 75.3 Å². The minimum Gasteiger partial charge on any atom is -0.324 e. The highest BCUT2D eigenvalue weighted by atomic mass is 32.2. The van der Waals surface area contributed by atoms with Crippen LogP contribution in [0.25, 0.3) is 0 Å². The molecule has 5 heteroatoms. The number of hydrogen-bond donors (Lipinski definition) is 3. The first-order valence-corrected chi connectivity index (χ1v) is 4.93. The summed E-state index contributed by atoms with van der Waals surface area (Å²) in [6.07, 6.45) is 0. The Bertz CT molecular complexity index is 298. The average Bonchev–Trinajstić information content (AvgIpc) is 2.04. The molecule has 0 fully saturated rings. The highest BCUT2D eigenvalue weighted by molar-refractivity contribution is 7.80. The van der Waals surface area contributed by atoms with E-state index in [1.807, 2.05) is 19.1 Å². The van der Waals surface area contributed by atoms with Crippen molar-refractivity contribution in [3.63, 3.8) is 0 Å². The van der Waals surface area contributed by atoms with Gasteiger partial charge in [-0.3, -0.25) is 9.27 Å². The van der Waals surface area contributed by atoms with Crippen LogP contribution in [0.15, 0.2) is 24.3 Å². The number of anilines is 1. The Morgan fingerprint density at radius 2 is 2.00 bits per heavy atom. The molecule has 13 heavy (non-hydrogen) atoms. The van der Waals surface area contributed by atoms with Gasteiger partial charge in [0.1, 0.15) is 0 Å². The molecule has 0 saturated heterocycles. The largest absolute Gasteiger partial charge is 0.324 e. The number of rotatable bonds is 3. The molecule has 0 heterocycles. The van der Waals surface area contributed by atoms with Gasteiger partial charge >= 0.3 is 0 Å². The third-order valence-corrected chi connectivity index (χ3v) is 2.05. The van der Waals surface area contributed by atoms with Crippen molar-refractivity contribution < 1.29 is 8.76 Å². The molecule has 2 atom stereocenters. The van der Waals surface area contributed by atoms with Crippen molar-refractivity contribution in [1.82, 2.24) is 0 Å². The van der Waals surface area contributed by atoms with E-state index in [4.69, 9.17) is 10.3 Å². The maximum absolute atomic E-state index is 10.4. The SMILES string of the molecule is C[C@H](N)c1ccc(NS(=O)O)cc1. The molecule has 1 aromatic rings. The monoisotopic (exact) mass is 200 g/mol. The minimum absolute atomic E-state index is 0.0197. The van der Waals surface area contributed by atoms with Gasteiger partial charge in [0, 0.05) is 11.7 Å². The second-order valence-electron chi connectivity index (χ2n) is 2.76. The lowest BCUT2D eigenvalue weighted by Crippen LogP contribution is -2.05. The molecule has 0 aromatic heterocycles. The van der Waals surface area contributed by atoms with Gasteiger partial charge in [-0.2, -0.15) is 0 Å². The second kappa shape index (κ2) is 4.36. The first kappa shape index (κ1) is 10.2. The molecule has 0 aliphatic rings. The summed E-state index contributed by atoms with van der Waals surface area (Å²) in [5.41, 5.74) is 7.23. The zero-order valence-electron chi connectivity index (χ0n) is 7.23. The number of nitrogens with one attached hydrogen (secondary N) is 1. The van der Waals surface area contributed by atoms with Gasteiger partial charge in [-0.1, -0.05) is 12.1 Å². The van der Waals surface area contributed by atoms with E-state index in [1.54, 1.807) is 12.1 Å². The Morgan fingerprint density at radius 3 is 2.38 bits per heavy atom. The summed E-state index contributed by atoms with van der Waals surface area (Å²) in [6.45, 7) is 1.88. The fourth-order valence-electron chi connectivity index (χ4n) is 0.956. The zero-order chi connectivity index (χ0) is 9.84. The van der Waals surface area contributed by atoms with Crippen LogP contribution in [-0.2, 0) is 11.3 Å². The van der Waals surface area contributed by atoms with Crippen molar-refractivity contribution in [2.75, 3.05) is 4.72 Å². The lowest BCUT2D eigenvalue weighted by atomic mass is 10.1. The van der Waals surface area contributed by atoms with Crippen LogP contribution in [0.2, 0.25) is 0 Å². The van der Waals surface area contributed by atoms with Crippen molar-refractivity contribution in [2.45, 2.75) is 13.0 Å². The van der Waals surface area contributed by atoms with Crippen molar-refractivity contribution in [1.29, 1.82) is 0 Å². The molecule has 1 rings (SSSR count). The molecular weight excluding hydrogens is 188 g/mol. The Morgan fingerprint density at radius 1 is 1.46 bits per heavy atom. The average molecular weight is 200 g/mol. The lowest BCUT2D eigenvalue weighted by Gasteiger charge is -2.06. The predicted octanol–water partition coefficient (Wildman–Crippen LogP) is 1.25.